The van der Waals surface area contributed by atoms with Crippen molar-refractivity contribution in [3.05, 3.63) is 0 Å². The third-order valence-electron chi connectivity index (χ3n) is 3.26. The molecule has 0 spiro atoms. The van der Waals surface area contributed by atoms with Gasteiger partial charge in [0.05, 0.1) is 52.9 Å². The quantitative estimate of drug-likeness (QED) is 0.404. The predicted octanol–water partition coefficient (Wildman–Crippen LogP) is 1.00. The molecule has 6 heteroatoms. The molecule has 0 fully saturated rings. The van der Waals surface area contributed by atoms with Gasteiger partial charge in [-0.1, -0.05) is 6.92 Å². The Morgan fingerprint density at radius 2 is 1.23 bits per heavy atom. The predicted molar refractivity (Wildman–Crippen MR) is 89.6 cm³/mol. The standard InChI is InChI=1S/C16H36N2O4/c1-5-17-6-8-19-10-12-21-14-15-22-13-11-20-9-7-18(4)16(2)3/h16-17H,5-15H2,1-4H3. The van der Waals surface area contributed by atoms with Gasteiger partial charge in [0.2, 0.25) is 0 Å². The van der Waals surface area contributed by atoms with Gasteiger partial charge in [-0.05, 0) is 27.4 Å². The van der Waals surface area contributed by atoms with E-state index in [1.54, 1.807) is 0 Å². The van der Waals surface area contributed by atoms with Crippen LogP contribution in [0.4, 0.5) is 0 Å². The van der Waals surface area contributed by atoms with Gasteiger partial charge in [-0.25, -0.2) is 0 Å². The molecule has 0 aliphatic heterocycles. The zero-order chi connectivity index (χ0) is 16.5. The van der Waals surface area contributed by atoms with Crippen LogP contribution in [0.25, 0.3) is 0 Å². The fraction of sp³-hybridized carbons (Fsp3) is 1.00. The number of nitrogens with one attached hydrogen (secondary N) is 1. The molecule has 0 saturated heterocycles. The number of nitrogens with zero attached hydrogens (tertiary/aromatic N) is 1. The first-order chi connectivity index (χ1) is 10.7. The van der Waals surface area contributed by atoms with Gasteiger partial charge in [-0.2, -0.15) is 0 Å². The molecule has 0 atom stereocenters. The Hall–Kier alpha value is -0.240. The van der Waals surface area contributed by atoms with Crippen molar-refractivity contribution >= 4 is 0 Å². The molecule has 0 aliphatic carbocycles. The molecule has 0 aromatic heterocycles. The van der Waals surface area contributed by atoms with E-state index in [1.165, 1.54) is 0 Å². The lowest BCUT2D eigenvalue weighted by atomic mass is 10.3. The summed E-state index contributed by atoms with van der Waals surface area (Å²) in [7, 11) is 2.10. The smallest absolute Gasteiger partial charge is 0.0701 e. The van der Waals surface area contributed by atoms with E-state index in [0.29, 0.717) is 45.7 Å². The Labute approximate surface area is 136 Å². The van der Waals surface area contributed by atoms with Crippen molar-refractivity contribution in [2.24, 2.45) is 0 Å². The van der Waals surface area contributed by atoms with Crippen LogP contribution in [-0.4, -0.2) is 90.5 Å². The minimum atomic E-state index is 0.559. The Morgan fingerprint density at radius 1 is 0.773 bits per heavy atom. The molecule has 1 N–H and O–H groups in total. The van der Waals surface area contributed by atoms with Crippen LogP contribution in [0.5, 0.6) is 0 Å². The SMILES string of the molecule is CCNCCOCCOCCOCCOCCN(C)C(C)C. The van der Waals surface area contributed by atoms with Gasteiger partial charge in [0.25, 0.3) is 0 Å². The van der Waals surface area contributed by atoms with Gasteiger partial charge >= 0.3 is 0 Å². The second-order valence-corrected chi connectivity index (χ2v) is 5.38. The number of likely N-dealkylation sites (N-methyl/N-ethyl adjacent to an activating group) is 2. The van der Waals surface area contributed by atoms with Gasteiger partial charge in [0.1, 0.15) is 0 Å². The molecule has 0 unspecified atom stereocenters. The van der Waals surface area contributed by atoms with Crippen molar-refractivity contribution in [3.8, 4) is 0 Å². The third kappa shape index (κ3) is 16.1. The highest BCUT2D eigenvalue weighted by molar-refractivity contribution is 4.55. The van der Waals surface area contributed by atoms with E-state index in [-0.39, 0.29) is 0 Å². The fourth-order valence-electron chi connectivity index (χ4n) is 1.55. The summed E-state index contributed by atoms with van der Waals surface area (Å²) in [4.78, 5) is 2.26. The average molecular weight is 320 g/mol. The maximum Gasteiger partial charge on any atom is 0.0701 e. The second-order valence-electron chi connectivity index (χ2n) is 5.38. The van der Waals surface area contributed by atoms with E-state index in [9.17, 15) is 0 Å². The van der Waals surface area contributed by atoms with Crippen molar-refractivity contribution in [1.29, 1.82) is 0 Å². The molecule has 0 amide bonds. The van der Waals surface area contributed by atoms with E-state index in [2.05, 4.69) is 38.0 Å². The number of hydrogen-bond acceptors (Lipinski definition) is 6. The van der Waals surface area contributed by atoms with Crippen LogP contribution in [0.3, 0.4) is 0 Å². The van der Waals surface area contributed by atoms with E-state index < -0.39 is 0 Å². The largest absolute Gasteiger partial charge is 0.378 e. The van der Waals surface area contributed by atoms with E-state index in [4.69, 9.17) is 18.9 Å². The summed E-state index contributed by atoms with van der Waals surface area (Å²) in [6.07, 6.45) is 0. The van der Waals surface area contributed by atoms with Crippen LogP contribution in [0.1, 0.15) is 20.8 Å². The van der Waals surface area contributed by atoms with Crippen molar-refractivity contribution < 1.29 is 18.9 Å². The maximum absolute atomic E-state index is 5.51. The molecule has 0 heterocycles. The van der Waals surface area contributed by atoms with Crippen molar-refractivity contribution in [2.45, 2.75) is 26.8 Å². The molecule has 0 radical (unpaired) electrons. The summed E-state index contributed by atoms with van der Waals surface area (Å²) < 4.78 is 21.7. The summed E-state index contributed by atoms with van der Waals surface area (Å²) in [5, 5.41) is 3.20. The molecule has 22 heavy (non-hydrogen) atoms. The Balaban J connectivity index is 3.03. The third-order valence-corrected chi connectivity index (χ3v) is 3.26. The normalized spacial score (nSPS) is 11.7. The molecule has 0 aliphatic rings. The molecule has 0 saturated carbocycles. The van der Waals surface area contributed by atoms with E-state index in [0.717, 1.165) is 32.8 Å². The Bertz CT molecular complexity index is 218. The zero-order valence-electron chi connectivity index (χ0n) is 14.9. The van der Waals surface area contributed by atoms with Gasteiger partial charge < -0.3 is 29.2 Å². The molecule has 0 aromatic rings. The first-order valence-corrected chi connectivity index (χ1v) is 8.40. The molecular formula is C16H36N2O4. The number of hydrogen-bond donors (Lipinski definition) is 1. The van der Waals surface area contributed by atoms with Crippen LogP contribution >= 0.6 is 0 Å². The van der Waals surface area contributed by atoms with Crippen LogP contribution in [0.15, 0.2) is 0 Å². The van der Waals surface area contributed by atoms with Gasteiger partial charge in [-0.15, -0.1) is 0 Å². The summed E-state index contributed by atoms with van der Waals surface area (Å²) in [6.45, 7) is 14.5. The van der Waals surface area contributed by atoms with Crippen molar-refractivity contribution in [1.82, 2.24) is 10.2 Å². The highest BCUT2D eigenvalue weighted by atomic mass is 16.6. The van der Waals surface area contributed by atoms with Crippen molar-refractivity contribution in [3.63, 3.8) is 0 Å². The second kappa shape index (κ2) is 17.1. The summed E-state index contributed by atoms with van der Waals surface area (Å²) >= 11 is 0. The van der Waals surface area contributed by atoms with Gasteiger partial charge in [0, 0.05) is 19.1 Å². The van der Waals surface area contributed by atoms with Crippen LogP contribution < -0.4 is 5.32 Å². The molecule has 0 bridgehead atoms. The first-order valence-electron chi connectivity index (χ1n) is 8.40. The minimum Gasteiger partial charge on any atom is -0.378 e. The number of rotatable bonds is 17. The minimum absolute atomic E-state index is 0.559. The molecule has 0 aromatic carbocycles. The van der Waals surface area contributed by atoms with E-state index in [1.807, 2.05) is 0 Å². The van der Waals surface area contributed by atoms with Crippen molar-refractivity contribution in [2.75, 3.05) is 79.5 Å². The van der Waals surface area contributed by atoms with Gasteiger partial charge in [-0.3, -0.25) is 0 Å². The maximum atomic E-state index is 5.51. The molecular weight excluding hydrogens is 284 g/mol. The molecule has 6 nitrogen and oxygen atoms in total. The Morgan fingerprint density at radius 3 is 1.68 bits per heavy atom. The lowest BCUT2D eigenvalue weighted by molar-refractivity contribution is -0.00354. The first kappa shape index (κ1) is 21.8. The summed E-state index contributed by atoms with van der Waals surface area (Å²) in [5.41, 5.74) is 0. The lowest BCUT2D eigenvalue weighted by Gasteiger charge is -2.20. The van der Waals surface area contributed by atoms with Crippen LogP contribution in [0, 0.1) is 0 Å². The summed E-state index contributed by atoms with van der Waals surface area (Å²) in [6, 6.07) is 0.559. The lowest BCUT2D eigenvalue weighted by Crippen LogP contribution is -2.30. The zero-order valence-corrected chi connectivity index (χ0v) is 14.9. The van der Waals surface area contributed by atoms with Gasteiger partial charge in [0.15, 0.2) is 0 Å². The topological polar surface area (TPSA) is 52.2 Å². The molecule has 0 rings (SSSR count). The Kier molecular flexibility index (Phi) is 16.9. The number of ether oxygens (including phenoxy) is 4. The van der Waals surface area contributed by atoms with E-state index >= 15 is 0 Å². The van der Waals surface area contributed by atoms with Crippen LogP contribution in [0.2, 0.25) is 0 Å². The molecule has 134 valence electrons. The van der Waals surface area contributed by atoms with Crippen LogP contribution in [-0.2, 0) is 18.9 Å². The highest BCUT2D eigenvalue weighted by Gasteiger charge is 2.01. The monoisotopic (exact) mass is 320 g/mol. The average Bonchev–Trinajstić information content (AvgIpc) is 2.50. The summed E-state index contributed by atoms with van der Waals surface area (Å²) in [5.74, 6) is 0. The highest BCUT2D eigenvalue weighted by Crippen LogP contribution is 1.92. The fourth-order valence-corrected chi connectivity index (χ4v) is 1.55.